The number of likely N-dealkylation sites (tertiary alicyclic amines) is 1. The third-order valence-electron chi connectivity index (χ3n) is 5.82. The molecule has 149 valence electrons. The third-order valence-corrected chi connectivity index (χ3v) is 6.52. The Hall–Kier alpha value is -2.32. The van der Waals surface area contributed by atoms with Crippen LogP contribution in [0.25, 0.3) is 11.0 Å². The van der Waals surface area contributed by atoms with Crippen molar-refractivity contribution in [1.82, 2.24) is 14.5 Å². The molecule has 2 aromatic carbocycles. The molecule has 29 heavy (non-hydrogen) atoms. The summed E-state index contributed by atoms with van der Waals surface area (Å²) in [5.74, 6) is 0.129. The van der Waals surface area contributed by atoms with Crippen LogP contribution >= 0.6 is 0 Å². The number of H-pyrrole nitrogens is 1. The molecule has 1 aliphatic rings. The zero-order chi connectivity index (χ0) is 20.4. The normalized spacial score (nSPS) is 15.7. The molecule has 1 amide bonds. The molecule has 1 aliphatic heterocycles. The number of piperidine rings is 1. The van der Waals surface area contributed by atoms with Crippen LogP contribution in [0, 0.1) is 0 Å². The molecule has 3 aromatic rings. The van der Waals surface area contributed by atoms with E-state index in [-0.39, 0.29) is 17.6 Å². The van der Waals surface area contributed by atoms with Gasteiger partial charge in [0, 0.05) is 0 Å². The second-order valence-electron chi connectivity index (χ2n) is 7.64. The summed E-state index contributed by atoms with van der Waals surface area (Å²) in [5.41, 5.74) is 2.77. The first-order valence-electron chi connectivity index (χ1n) is 10.0. The summed E-state index contributed by atoms with van der Waals surface area (Å²) in [4.78, 5) is 32.0. The molecule has 0 bridgehead atoms. The van der Waals surface area contributed by atoms with Gasteiger partial charge in [-0.15, -0.1) is 0 Å². The van der Waals surface area contributed by atoms with Gasteiger partial charge in [0.1, 0.15) is 0 Å². The van der Waals surface area contributed by atoms with Crippen molar-refractivity contribution >= 4 is 43.5 Å². The van der Waals surface area contributed by atoms with Gasteiger partial charge in [0.15, 0.2) is 0 Å². The molecule has 0 atom stereocenters. The standard InChI is InChI=1S/C22H25GeN4O2/c1-25(17-8-6-16(23)7-9-17)21(28)12-15-26-13-10-18(11-14-26)27-20-5-3-2-4-19(20)24-22(27)29/h2-9,18H,10-15H2,1H3,(H,24,29). The van der Waals surface area contributed by atoms with Crippen LogP contribution in [0.5, 0.6) is 0 Å². The minimum absolute atomic E-state index is 0.0282. The number of benzene rings is 2. The maximum atomic E-state index is 12.6. The Morgan fingerprint density at radius 2 is 1.83 bits per heavy atom. The second kappa shape index (κ2) is 8.59. The van der Waals surface area contributed by atoms with Crippen LogP contribution in [0.2, 0.25) is 0 Å². The molecular weight excluding hydrogens is 425 g/mol. The van der Waals surface area contributed by atoms with Gasteiger partial charge in [-0.05, 0) is 12.1 Å². The van der Waals surface area contributed by atoms with Crippen LogP contribution in [0.1, 0.15) is 25.3 Å². The van der Waals surface area contributed by atoms with E-state index in [9.17, 15) is 9.59 Å². The first kappa shape index (κ1) is 20.0. The third kappa shape index (κ3) is 4.33. The van der Waals surface area contributed by atoms with Crippen molar-refractivity contribution in [3.63, 3.8) is 0 Å². The Morgan fingerprint density at radius 1 is 1.14 bits per heavy atom. The van der Waals surface area contributed by atoms with Crippen LogP contribution in [0.15, 0.2) is 53.3 Å². The summed E-state index contributed by atoms with van der Waals surface area (Å²) in [6.07, 6.45) is 2.34. The average molecular weight is 450 g/mol. The van der Waals surface area contributed by atoms with Gasteiger partial charge in [-0.25, -0.2) is 4.79 Å². The number of anilines is 1. The Labute approximate surface area is 178 Å². The van der Waals surface area contributed by atoms with Gasteiger partial charge in [-0.1, -0.05) is 12.1 Å². The molecular formula is C22H25GeN4O2. The van der Waals surface area contributed by atoms with E-state index in [0.29, 0.717) is 6.42 Å². The van der Waals surface area contributed by atoms with Crippen LogP contribution < -0.4 is 15.0 Å². The average Bonchev–Trinajstić information content (AvgIpc) is 3.08. The van der Waals surface area contributed by atoms with Crippen LogP contribution in [0.3, 0.4) is 0 Å². The number of aromatic amines is 1. The van der Waals surface area contributed by atoms with Crippen molar-refractivity contribution in [2.75, 3.05) is 31.6 Å². The zero-order valence-electron chi connectivity index (χ0n) is 16.6. The molecule has 0 unspecified atom stereocenters. The quantitative estimate of drug-likeness (QED) is 0.604. The van der Waals surface area contributed by atoms with Crippen molar-refractivity contribution in [3.8, 4) is 0 Å². The van der Waals surface area contributed by atoms with Gasteiger partial charge in [0.25, 0.3) is 0 Å². The number of imidazole rings is 1. The van der Waals surface area contributed by atoms with E-state index in [0.717, 1.165) is 49.2 Å². The molecule has 3 radical (unpaired) electrons. The van der Waals surface area contributed by atoms with Crippen molar-refractivity contribution in [2.45, 2.75) is 25.3 Å². The van der Waals surface area contributed by atoms with Gasteiger partial charge in [0.05, 0.1) is 11.0 Å². The number of nitrogens with one attached hydrogen (secondary N) is 1. The van der Waals surface area contributed by atoms with Crippen molar-refractivity contribution in [3.05, 3.63) is 59.0 Å². The van der Waals surface area contributed by atoms with Gasteiger partial charge in [-0.3, -0.25) is 4.57 Å². The number of amides is 1. The number of rotatable bonds is 5. The van der Waals surface area contributed by atoms with E-state index in [1.165, 1.54) is 4.40 Å². The summed E-state index contributed by atoms with van der Waals surface area (Å²) in [7, 11) is 1.84. The van der Waals surface area contributed by atoms with Gasteiger partial charge in [-0.2, -0.15) is 0 Å². The van der Waals surface area contributed by atoms with Gasteiger partial charge >= 0.3 is 129 Å². The van der Waals surface area contributed by atoms with Crippen molar-refractivity contribution in [1.29, 1.82) is 0 Å². The summed E-state index contributed by atoms with van der Waals surface area (Å²) in [5, 5.41) is 0. The molecule has 1 fully saturated rings. The summed E-state index contributed by atoms with van der Waals surface area (Å²) < 4.78 is 3.09. The van der Waals surface area contributed by atoms with Crippen LogP contribution in [-0.2, 0) is 4.79 Å². The van der Waals surface area contributed by atoms with Gasteiger partial charge < -0.3 is 4.98 Å². The van der Waals surface area contributed by atoms with E-state index >= 15 is 0 Å². The van der Waals surface area contributed by atoms with Crippen molar-refractivity contribution < 1.29 is 4.79 Å². The number of fused-ring (bicyclic) bond motifs is 1. The topological polar surface area (TPSA) is 61.3 Å². The second-order valence-corrected chi connectivity index (χ2v) is 8.85. The molecule has 0 aliphatic carbocycles. The number of aromatic nitrogens is 2. The fraction of sp³-hybridized carbons (Fsp3) is 0.364. The zero-order valence-corrected chi connectivity index (χ0v) is 18.7. The van der Waals surface area contributed by atoms with Crippen LogP contribution in [-0.4, -0.2) is 63.6 Å². The van der Waals surface area contributed by atoms with E-state index < -0.39 is 0 Å². The number of carbonyl (C=O) groups is 1. The fourth-order valence-corrected chi connectivity index (χ4v) is 4.44. The molecule has 1 aromatic heterocycles. The Morgan fingerprint density at radius 3 is 2.55 bits per heavy atom. The molecule has 0 spiro atoms. The monoisotopic (exact) mass is 451 g/mol. The van der Waals surface area contributed by atoms with E-state index in [1.54, 1.807) is 4.90 Å². The molecule has 4 rings (SSSR count). The maximum absolute atomic E-state index is 12.6. The van der Waals surface area contributed by atoms with Gasteiger partial charge in [0.2, 0.25) is 0 Å². The Bertz CT molecular complexity index is 1050. The summed E-state index contributed by atoms with van der Waals surface area (Å²) in [6.45, 7) is 2.56. The first-order chi connectivity index (χ1) is 14.0. The number of hydrogen-bond acceptors (Lipinski definition) is 3. The van der Waals surface area contributed by atoms with E-state index in [1.807, 2.05) is 76.7 Å². The molecule has 2 heterocycles. The number of nitrogens with zero attached hydrogens (tertiary/aromatic N) is 3. The predicted octanol–water partition coefficient (Wildman–Crippen LogP) is 1.81. The SMILES string of the molecule is CN(C(=O)CCN1CCC(n2c(=O)[nH]c3ccccc32)CC1)c1cc[c]([Ge])cc1. The molecule has 7 heteroatoms. The van der Waals surface area contributed by atoms with E-state index in [4.69, 9.17) is 0 Å². The predicted molar refractivity (Wildman–Crippen MR) is 117 cm³/mol. The minimum atomic E-state index is -0.0282. The Balaban J connectivity index is 1.32. The fourth-order valence-electron chi connectivity index (χ4n) is 4.09. The summed E-state index contributed by atoms with van der Waals surface area (Å²) >= 11 is 2.04. The molecule has 1 saturated heterocycles. The van der Waals surface area contributed by atoms with Crippen LogP contribution in [0.4, 0.5) is 5.69 Å². The Kier molecular flexibility index (Phi) is 5.92. The number of para-hydroxylation sites is 2. The molecule has 1 N–H and O–H groups in total. The first-order valence-corrected chi connectivity index (χ1v) is 11.1. The molecule has 6 nitrogen and oxygen atoms in total. The summed E-state index contributed by atoms with van der Waals surface area (Å²) in [6, 6.07) is 16.1. The van der Waals surface area contributed by atoms with Crippen molar-refractivity contribution in [2.24, 2.45) is 0 Å². The molecule has 0 saturated carbocycles. The van der Waals surface area contributed by atoms with E-state index in [2.05, 4.69) is 9.88 Å². The number of hydrogen-bond donors (Lipinski definition) is 1. The number of carbonyl (C=O) groups excluding carboxylic acids is 1.